The van der Waals surface area contributed by atoms with Crippen LogP contribution in [0.1, 0.15) is 23.1 Å². The standard InChI is InChI=1S/C28H34N4O/c1-31(2)19-22-9-12-24-18-26(16-13-23(24)17-22)30-28(33)29-25-14-10-21(11-15-25)20-32(3)27-7-5-4-6-8-27/h4-8,10-11,13-16,18,22H,9,12,17,19-20H2,1-3H3,(H2,29,30,33). The van der Waals surface area contributed by atoms with Crippen molar-refractivity contribution in [3.8, 4) is 0 Å². The molecule has 0 bridgehead atoms. The Bertz CT molecular complexity index is 1060. The van der Waals surface area contributed by atoms with Crippen LogP contribution in [0, 0.1) is 5.92 Å². The number of anilines is 3. The second kappa shape index (κ2) is 10.5. The maximum absolute atomic E-state index is 12.5. The number of para-hydroxylation sites is 1. The molecular weight excluding hydrogens is 408 g/mol. The fourth-order valence-electron chi connectivity index (χ4n) is 4.62. The fourth-order valence-corrected chi connectivity index (χ4v) is 4.62. The summed E-state index contributed by atoms with van der Waals surface area (Å²) in [4.78, 5) is 17.0. The Labute approximate surface area is 197 Å². The summed E-state index contributed by atoms with van der Waals surface area (Å²) in [7, 11) is 6.35. The van der Waals surface area contributed by atoms with Gasteiger partial charge in [0.2, 0.25) is 0 Å². The zero-order valence-electron chi connectivity index (χ0n) is 19.8. The molecule has 0 fully saturated rings. The van der Waals surface area contributed by atoms with E-state index in [1.165, 1.54) is 28.8 Å². The fraction of sp³-hybridized carbons (Fsp3) is 0.321. The molecule has 0 saturated carbocycles. The Morgan fingerprint density at radius 2 is 1.58 bits per heavy atom. The third-order valence-corrected chi connectivity index (χ3v) is 6.25. The number of hydrogen-bond donors (Lipinski definition) is 2. The van der Waals surface area contributed by atoms with Gasteiger partial charge in [-0.15, -0.1) is 0 Å². The van der Waals surface area contributed by atoms with Crippen LogP contribution in [0.4, 0.5) is 21.9 Å². The molecule has 1 aliphatic rings. The van der Waals surface area contributed by atoms with Crippen molar-refractivity contribution in [3.05, 3.63) is 89.5 Å². The Morgan fingerprint density at radius 1 is 0.879 bits per heavy atom. The molecule has 2 N–H and O–H groups in total. The minimum absolute atomic E-state index is 0.217. The normalized spacial score (nSPS) is 15.1. The summed E-state index contributed by atoms with van der Waals surface area (Å²) < 4.78 is 0. The molecule has 3 aromatic carbocycles. The largest absolute Gasteiger partial charge is 0.370 e. The number of nitrogens with zero attached hydrogens (tertiary/aromatic N) is 2. The Morgan fingerprint density at radius 3 is 2.30 bits per heavy atom. The first kappa shape index (κ1) is 22.9. The number of fused-ring (bicyclic) bond motifs is 1. The van der Waals surface area contributed by atoms with Crippen LogP contribution in [0.5, 0.6) is 0 Å². The van der Waals surface area contributed by atoms with Gasteiger partial charge in [0.25, 0.3) is 0 Å². The molecule has 0 radical (unpaired) electrons. The van der Waals surface area contributed by atoms with Gasteiger partial charge < -0.3 is 20.4 Å². The van der Waals surface area contributed by atoms with Crippen molar-refractivity contribution >= 4 is 23.1 Å². The highest BCUT2D eigenvalue weighted by atomic mass is 16.2. The van der Waals surface area contributed by atoms with E-state index in [2.05, 4.69) is 78.0 Å². The number of benzene rings is 3. The van der Waals surface area contributed by atoms with Crippen molar-refractivity contribution in [2.75, 3.05) is 43.2 Å². The average molecular weight is 443 g/mol. The van der Waals surface area contributed by atoms with Crippen LogP contribution in [-0.4, -0.2) is 38.6 Å². The first-order chi connectivity index (χ1) is 16.0. The maximum atomic E-state index is 12.5. The highest BCUT2D eigenvalue weighted by Gasteiger charge is 2.19. The van der Waals surface area contributed by atoms with Crippen LogP contribution in [0.3, 0.4) is 0 Å². The van der Waals surface area contributed by atoms with Crippen molar-refractivity contribution in [2.45, 2.75) is 25.8 Å². The van der Waals surface area contributed by atoms with Gasteiger partial charge in [-0.05, 0) is 92.4 Å². The van der Waals surface area contributed by atoms with Crippen LogP contribution in [0.15, 0.2) is 72.8 Å². The topological polar surface area (TPSA) is 47.6 Å². The van der Waals surface area contributed by atoms with E-state index in [1.807, 2.05) is 36.4 Å². The zero-order valence-corrected chi connectivity index (χ0v) is 19.8. The highest BCUT2D eigenvalue weighted by molar-refractivity contribution is 5.99. The van der Waals surface area contributed by atoms with E-state index >= 15 is 0 Å². The van der Waals surface area contributed by atoms with E-state index in [-0.39, 0.29) is 6.03 Å². The predicted molar refractivity (Wildman–Crippen MR) is 138 cm³/mol. The van der Waals surface area contributed by atoms with Gasteiger partial charge in [-0.2, -0.15) is 0 Å². The smallest absolute Gasteiger partial charge is 0.323 e. The lowest BCUT2D eigenvalue weighted by Crippen LogP contribution is -2.26. The number of amides is 2. The molecule has 1 unspecified atom stereocenters. The predicted octanol–water partition coefficient (Wildman–Crippen LogP) is 5.63. The van der Waals surface area contributed by atoms with E-state index in [1.54, 1.807) is 0 Å². The summed E-state index contributed by atoms with van der Waals surface area (Å²) in [5.41, 5.74) is 6.76. The molecule has 0 saturated heterocycles. The Hall–Kier alpha value is -3.31. The molecule has 2 amide bonds. The molecule has 3 aromatic rings. The maximum Gasteiger partial charge on any atom is 0.323 e. The van der Waals surface area contributed by atoms with E-state index < -0.39 is 0 Å². The van der Waals surface area contributed by atoms with Crippen molar-refractivity contribution in [3.63, 3.8) is 0 Å². The minimum Gasteiger partial charge on any atom is -0.370 e. The SMILES string of the molecule is CN(C)CC1CCc2cc(NC(=O)Nc3ccc(CN(C)c4ccccc4)cc3)ccc2C1. The van der Waals surface area contributed by atoms with Crippen LogP contribution >= 0.6 is 0 Å². The van der Waals surface area contributed by atoms with Gasteiger partial charge in [0.05, 0.1) is 0 Å². The van der Waals surface area contributed by atoms with Crippen LogP contribution in [0.25, 0.3) is 0 Å². The van der Waals surface area contributed by atoms with Gasteiger partial charge in [-0.3, -0.25) is 0 Å². The van der Waals surface area contributed by atoms with Crippen molar-refractivity contribution < 1.29 is 4.79 Å². The van der Waals surface area contributed by atoms with Gasteiger partial charge in [0.1, 0.15) is 0 Å². The first-order valence-corrected chi connectivity index (χ1v) is 11.7. The molecule has 33 heavy (non-hydrogen) atoms. The number of urea groups is 1. The molecular formula is C28H34N4O. The summed E-state index contributed by atoms with van der Waals surface area (Å²) in [5, 5.41) is 5.93. The van der Waals surface area contributed by atoms with Crippen LogP contribution < -0.4 is 15.5 Å². The van der Waals surface area contributed by atoms with Crippen LogP contribution in [-0.2, 0) is 19.4 Å². The summed E-state index contributed by atoms with van der Waals surface area (Å²) >= 11 is 0. The summed E-state index contributed by atoms with van der Waals surface area (Å²) in [5.74, 6) is 0.713. The van der Waals surface area contributed by atoms with Gasteiger partial charge >= 0.3 is 6.03 Å². The minimum atomic E-state index is -0.217. The van der Waals surface area contributed by atoms with Gasteiger partial charge in [-0.25, -0.2) is 4.79 Å². The number of carbonyl (C=O) groups excluding carboxylic acids is 1. The van der Waals surface area contributed by atoms with Gasteiger partial charge in [0.15, 0.2) is 0 Å². The number of rotatable bonds is 7. The Balaban J connectivity index is 1.30. The van der Waals surface area contributed by atoms with Crippen LogP contribution in [0.2, 0.25) is 0 Å². The molecule has 0 aliphatic heterocycles. The second-order valence-electron chi connectivity index (χ2n) is 9.32. The average Bonchev–Trinajstić information content (AvgIpc) is 2.80. The molecule has 0 heterocycles. The summed E-state index contributed by atoms with van der Waals surface area (Å²) in [6.07, 6.45) is 3.39. The van der Waals surface area contributed by atoms with Crippen molar-refractivity contribution in [1.82, 2.24) is 4.90 Å². The van der Waals surface area contributed by atoms with Gasteiger partial charge in [0, 0.05) is 37.2 Å². The van der Waals surface area contributed by atoms with E-state index in [4.69, 9.17) is 0 Å². The Kier molecular flexibility index (Phi) is 7.30. The summed E-state index contributed by atoms with van der Waals surface area (Å²) in [6.45, 7) is 1.93. The molecule has 1 atom stereocenters. The van der Waals surface area contributed by atoms with Crippen molar-refractivity contribution in [2.24, 2.45) is 5.92 Å². The summed E-state index contributed by atoms with van der Waals surface area (Å²) in [6, 6.07) is 24.4. The monoisotopic (exact) mass is 442 g/mol. The highest BCUT2D eigenvalue weighted by Crippen LogP contribution is 2.28. The second-order valence-corrected chi connectivity index (χ2v) is 9.32. The van der Waals surface area contributed by atoms with E-state index in [0.717, 1.165) is 37.3 Å². The van der Waals surface area contributed by atoms with E-state index in [0.29, 0.717) is 5.92 Å². The first-order valence-electron chi connectivity index (χ1n) is 11.7. The lowest BCUT2D eigenvalue weighted by molar-refractivity contribution is 0.262. The zero-order chi connectivity index (χ0) is 23.2. The van der Waals surface area contributed by atoms with Gasteiger partial charge in [-0.1, -0.05) is 36.4 Å². The number of carbonyl (C=O) groups is 1. The molecule has 1 aliphatic carbocycles. The number of nitrogens with one attached hydrogen (secondary N) is 2. The molecule has 172 valence electrons. The lowest BCUT2D eigenvalue weighted by Gasteiger charge is -2.27. The third kappa shape index (κ3) is 6.36. The molecule has 5 heteroatoms. The molecule has 5 nitrogen and oxygen atoms in total. The van der Waals surface area contributed by atoms with Crippen molar-refractivity contribution in [1.29, 1.82) is 0 Å². The number of aryl methyl sites for hydroxylation is 1. The molecule has 4 rings (SSSR count). The number of hydrogen-bond acceptors (Lipinski definition) is 3. The van der Waals surface area contributed by atoms with E-state index in [9.17, 15) is 4.79 Å². The molecule has 0 aromatic heterocycles. The molecule has 0 spiro atoms. The third-order valence-electron chi connectivity index (χ3n) is 6.25. The quantitative estimate of drug-likeness (QED) is 0.498. The lowest BCUT2D eigenvalue weighted by atomic mass is 9.83.